The summed E-state index contributed by atoms with van der Waals surface area (Å²) in [5.74, 6) is -0.962. The van der Waals surface area contributed by atoms with E-state index in [4.69, 9.17) is 0 Å². The molecular formula is C20H21FN2O2. The summed E-state index contributed by atoms with van der Waals surface area (Å²) in [5, 5.41) is 5.70. The summed E-state index contributed by atoms with van der Waals surface area (Å²) in [6, 6.07) is 15.9. The van der Waals surface area contributed by atoms with E-state index in [2.05, 4.69) is 10.6 Å². The maximum absolute atomic E-state index is 12.8. The molecule has 0 saturated heterocycles. The van der Waals surface area contributed by atoms with Gasteiger partial charge in [0.2, 0.25) is 11.8 Å². The highest BCUT2D eigenvalue weighted by Crippen LogP contribution is 2.38. The molecule has 0 bridgehead atoms. The number of nitrogens with one attached hydrogen (secondary N) is 2. The zero-order valence-corrected chi connectivity index (χ0v) is 13.9. The van der Waals surface area contributed by atoms with E-state index in [0.717, 1.165) is 12.0 Å². The molecule has 0 heterocycles. The van der Waals surface area contributed by atoms with Gasteiger partial charge in [0.05, 0.1) is 11.8 Å². The average Bonchev–Trinajstić information content (AvgIpc) is 3.43. The van der Waals surface area contributed by atoms with Gasteiger partial charge in [-0.25, -0.2) is 4.39 Å². The molecule has 0 aliphatic heterocycles. The fraction of sp³-hybridized carbons (Fsp3) is 0.300. The molecule has 1 saturated carbocycles. The third kappa shape index (κ3) is 4.89. The minimum atomic E-state index is -0.301. The Morgan fingerprint density at radius 2 is 1.52 bits per heavy atom. The van der Waals surface area contributed by atoms with Crippen LogP contribution in [0.5, 0.6) is 0 Å². The van der Waals surface area contributed by atoms with Crippen LogP contribution in [-0.2, 0) is 22.6 Å². The quantitative estimate of drug-likeness (QED) is 0.813. The van der Waals surface area contributed by atoms with Crippen molar-refractivity contribution in [2.45, 2.75) is 19.4 Å². The lowest BCUT2D eigenvalue weighted by atomic mass is 10.1. The number of amides is 2. The number of hydrogen-bond donors (Lipinski definition) is 2. The van der Waals surface area contributed by atoms with Gasteiger partial charge in [0.25, 0.3) is 0 Å². The second-order valence-electron chi connectivity index (χ2n) is 6.32. The highest BCUT2D eigenvalue weighted by molar-refractivity contribution is 5.92. The van der Waals surface area contributed by atoms with E-state index in [0.29, 0.717) is 19.5 Å². The van der Waals surface area contributed by atoms with Gasteiger partial charge in [-0.05, 0) is 36.1 Å². The van der Waals surface area contributed by atoms with Crippen LogP contribution in [0.2, 0.25) is 0 Å². The van der Waals surface area contributed by atoms with Crippen LogP contribution >= 0.6 is 0 Å². The summed E-state index contributed by atoms with van der Waals surface area (Å²) in [7, 11) is 0. The van der Waals surface area contributed by atoms with Gasteiger partial charge >= 0.3 is 0 Å². The Morgan fingerprint density at radius 3 is 2.20 bits per heavy atom. The van der Waals surface area contributed by atoms with Crippen molar-refractivity contribution in [2.24, 2.45) is 11.8 Å². The first kappa shape index (κ1) is 17.1. The first-order valence-corrected chi connectivity index (χ1v) is 8.47. The molecule has 1 aliphatic rings. The van der Waals surface area contributed by atoms with Gasteiger partial charge < -0.3 is 10.6 Å². The molecule has 0 spiro atoms. The predicted molar refractivity (Wildman–Crippen MR) is 93.0 cm³/mol. The topological polar surface area (TPSA) is 58.2 Å². The number of hydrogen-bond acceptors (Lipinski definition) is 2. The lowest BCUT2D eigenvalue weighted by Crippen LogP contribution is -2.31. The zero-order chi connectivity index (χ0) is 17.6. The number of carbonyl (C=O) groups excluding carboxylic acids is 2. The summed E-state index contributed by atoms with van der Waals surface area (Å²) in [6.45, 7) is 0.918. The van der Waals surface area contributed by atoms with Crippen LogP contribution < -0.4 is 10.6 Å². The Labute approximate surface area is 146 Å². The normalized spacial score (nSPS) is 18.4. The van der Waals surface area contributed by atoms with Gasteiger partial charge in [-0.1, -0.05) is 42.5 Å². The second kappa shape index (κ2) is 7.92. The minimum absolute atomic E-state index is 0.0575. The van der Waals surface area contributed by atoms with Gasteiger partial charge in [-0.3, -0.25) is 9.59 Å². The van der Waals surface area contributed by atoms with Crippen molar-refractivity contribution < 1.29 is 14.0 Å². The number of carbonyl (C=O) groups is 2. The van der Waals surface area contributed by atoms with Crippen LogP contribution in [0.4, 0.5) is 4.39 Å². The van der Waals surface area contributed by atoms with E-state index < -0.39 is 0 Å². The molecule has 1 aliphatic carbocycles. The molecule has 130 valence electrons. The van der Waals surface area contributed by atoms with Gasteiger partial charge in [-0.2, -0.15) is 0 Å². The second-order valence-corrected chi connectivity index (χ2v) is 6.32. The Bertz CT molecular complexity index is 731. The van der Waals surface area contributed by atoms with Crippen LogP contribution in [0.3, 0.4) is 0 Å². The molecule has 4 nitrogen and oxygen atoms in total. The summed E-state index contributed by atoms with van der Waals surface area (Å²) in [5.41, 5.74) is 2.01. The standard InChI is InChI=1S/C20H21FN2O2/c21-16-8-6-15(7-9-16)13-23-20(25)18-12-17(18)19(24)22-11-10-14-4-2-1-3-5-14/h1-9,17-18H,10-13H2,(H,22,24)(H,23,25). The number of halogens is 1. The Morgan fingerprint density at radius 1 is 0.880 bits per heavy atom. The fourth-order valence-electron chi connectivity index (χ4n) is 2.80. The van der Waals surface area contributed by atoms with Crippen LogP contribution in [-0.4, -0.2) is 18.4 Å². The molecule has 25 heavy (non-hydrogen) atoms. The lowest BCUT2D eigenvalue weighted by Gasteiger charge is -2.06. The molecule has 2 aromatic carbocycles. The van der Waals surface area contributed by atoms with Crippen molar-refractivity contribution in [3.05, 3.63) is 71.5 Å². The maximum Gasteiger partial charge on any atom is 0.224 e. The molecule has 2 N–H and O–H groups in total. The Hall–Kier alpha value is -2.69. The van der Waals surface area contributed by atoms with Gasteiger partial charge in [0.15, 0.2) is 0 Å². The van der Waals surface area contributed by atoms with Gasteiger partial charge in [0, 0.05) is 13.1 Å². The van der Waals surface area contributed by atoms with Crippen molar-refractivity contribution in [2.75, 3.05) is 6.54 Å². The van der Waals surface area contributed by atoms with E-state index in [1.54, 1.807) is 12.1 Å². The van der Waals surface area contributed by atoms with E-state index in [-0.39, 0.29) is 29.5 Å². The molecule has 2 amide bonds. The van der Waals surface area contributed by atoms with Crippen LogP contribution in [0.15, 0.2) is 54.6 Å². The van der Waals surface area contributed by atoms with Gasteiger partial charge in [-0.15, -0.1) is 0 Å². The monoisotopic (exact) mass is 340 g/mol. The summed E-state index contributed by atoms with van der Waals surface area (Å²) in [4.78, 5) is 24.2. The molecule has 3 rings (SSSR count). The predicted octanol–water partition coefficient (Wildman–Crippen LogP) is 2.44. The van der Waals surface area contributed by atoms with Crippen LogP contribution in [0.25, 0.3) is 0 Å². The number of benzene rings is 2. The van der Waals surface area contributed by atoms with E-state index >= 15 is 0 Å². The Kier molecular flexibility index (Phi) is 5.43. The summed E-state index contributed by atoms with van der Waals surface area (Å²) >= 11 is 0. The van der Waals surface area contributed by atoms with Crippen molar-refractivity contribution in [3.8, 4) is 0 Å². The van der Waals surface area contributed by atoms with Gasteiger partial charge in [0.1, 0.15) is 5.82 Å². The van der Waals surface area contributed by atoms with Crippen molar-refractivity contribution in [1.82, 2.24) is 10.6 Å². The SMILES string of the molecule is O=C(NCCc1ccccc1)C1CC1C(=O)NCc1ccc(F)cc1. The molecule has 1 fully saturated rings. The largest absolute Gasteiger partial charge is 0.356 e. The van der Waals surface area contributed by atoms with E-state index in [9.17, 15) is 14.0 Å². The minimum Gasteiger partial charge on any atom is -0.356 e. The molecular weight excluding hydrogens is 319 g/mol. The van der Waals surface area contributed by atoms with E-state index in [1.165, 1.54) is 17.7 Å². The van der Waals surface area contributed by atoms with Crippen molar-refractivity contribution >= 4 is 11.8 Å². The highest BCUT2D eigenvalue weighted by atomic mass is 19.1. The van der Waals surface area contributed by atoms with Crippen LogP contribution in [0.1, 0.15) is 17.5 Å². The maximum atomic E-state index is 12.8. The molecule has 2 unspecified atom stereocenters. The zero-order valence-electron chi connectivity index (χ0n) is 13.9. The lowest BCUT2D eigenvalue weighted by molar-refractivity contribution is -0.127. The number of rotatable bonds is 7. The highest BCUT2D eigenvalue weighted by Gasteiger charge is 2.47. The van der Waals surface area contributed by atoms with E-state index in [1.807, 2.05) is 30.3 Å². The third-order valence-corrected chi connectivity index (χ3v) is 4.40. The third-order valence-electron chi connectivity index (χ3n) is 4.40. The fourth-order valence-corrected chi connectivity index (χ4v) is 2.80. The van der Waals surface area contributed by atoms with Crippen molar-refractivity contribution in [1.29, 1.82) is 0 Å². The molecule has 2 atom stereocenters. The van der Waals surface area contributed by atoms with Crippen molar-refractivity contribution in [3.63, 3.8) is 0 Å². The Balaban J connectivity index is 1.37. The first-order chi connectivity index (χ1) is 12.1. The first-order valence-electron chi connectivity index (χ1n) is 8.47. The summed E-state index contributed by atoms with van der Waals surface area (Å²) in [6.07, 6.45) is 1.37. The van der Waals surface area contributed by atoms with Crippen LogP contribution in [0, 0.1) is 17.7 Å². The average molecular weight is 340 g/mol. The smallest absolute Gasteiger partial charge is 0.224 e. The summed E-state index contributed by atoms with van der Waals surface area (Å²) < 4.78 is 12.8. The molecule has 0 radical (unpaired) electrons. The molecule has 5 heteroatoms. The molecule has 0 aromatic heterocycles. The molecule has 2 aromatic rings.